The van der Waals surface area contributed by atoms with Crippen LogP contribution in [0.3, 0.4) is 0 Å². The lowest BCUT2D eigenvalue weighted by Gasteiger charge is -2.19. The van der Waals surface area contributed by atoms with Crippen molar-refractivity contribution in [3.63, 3.8) is 0 Å². The standard InChI is InChI=1S/C10H13N3O2S/c1-6-4-16-9(12-6)13-8(15)10(2)3-7(14)11-5-10/h4H,3,5H2,1-2H3,(H,11,14)(H,12,13,15). The van der Waals surface area contributed by atoms with Gasteiger partial charge in [0.05, 0.1) is 11.1 Å². The van der Waals surface area contributed by atoms with Crippen molar-refractivity contribution in [1.29, 1.82) is 0 Å². The summed E-state index contributed by atoms with van der Waals surface area (Å²) in [6, 6.07) is 0. The van der Waals surface area contributed by atoms with Crippen LogP contribution >= 0.6 is 11.3 Å². The van der Waals surface area contributed by atoms with E-state index in [4.69, 9.17) is 0 Å². The molecule has 1 fully saturated rings. The molecule has 6 heteroatoms. The highest BCUT2D eigenvalue weighted by atomic mass is 32.1. The Labute approximate surface area is 97.3 Å². The van der Waals surface area contributed by atoms with Gasteiger partial charge < -0.3 is 10.6 Å². The molecule has 0 bridgehead atoms. The van der Waals surface area contributed by atoms with E-state index < -0.39 is 5.41 Å². The first-order valence-electron chi connectivity index (χ1n) is 5.00. The van der Waals surface area contributed by atoms with Crippen molar-refractivity contribution in [2.24, 2.45) is 5.41 Å². The number of aromatic nitrogens is 1. The van der Waals surface area contributed by atoms with Crippen molar-refractivity contribution in [2.75, 3.05) is 11.9 Å². The van der Waals surface area contributed by atoms with E-state index in [0.717, 1.165) is 5.69 Å². The smallest absolute Gasteiger partial charge is 0.234 e. The van der Waals surface area contributed by atoms with E-state index in [1.165, 1.54) is 11.3 Å². The molecule has 1 aliphatic rings. The zero-order valence-corrected chi connectivity index (χ0v) is 9.98. The van der Waals surface area contributed by atoms with Crippen LogP contribution in [0.5, 0.6) is 0 Å². The number of rotatable bonds is 2. The van der Waals surface area contributed by atoms with Crippen LogP contribution in [0.2, 0.25) is 0 Å². The SMILES string of the molecule is Cc1csc(NC(=O)C2(C)CNC(=O)C2)n1. The van der Waals surface area contributed by atoms with Crippen LogP contribution in [0.1, 0.15) is 19.0 Å². The van der Waals surface area contributed by atoms with Crippen LogP contribution in [0.15, 0.2) is 5.38 Å². The molecule has 0 spiro atoms. The summed E-state index contributed by atoms with van der Waals surface area (Å²) in [7, 11) is 0. The monoisotopic (exact) mass is 239 g/mol. The first kappa shape index (κ1) is 11.1. The molecule has 0 aliphatic carbocycles. The molecule has 2 amide bonds. The molecule has 1 atom stereocenters. The summed E-state index contributed by atoms with van der Waals surface area (Å²) in [5.41, 5.74) is 0.225. The molecule has 86 valence electrons. The van der Waals surface area contributed by atoms with Crippen molar-refractivity contribution in [3.05, 3.63) is 11.1 Å². The molecule has 2 heterocycles. The second-order valence-corrected chi connectivity index (χ2v) is 5.12. The van der Waals surface area contributed by atoms with Gasteiger partial charge in [0.1, 0.15) is 0 Å². The summed E-state index contributed by atoms with van der Waals surface area (Å²) in [6.45, 7) is 4.04. The summed E-state index contributed by atoms with van der Waals surface area (Å²) in [5.74, 6) is -0.229. The van der Waals surface area contributed by atoms with Gasteiger partial charge in [-0.2, -0.15) is 0 Å². The number of hydrogen-bond donors (Lipinski definition) is 2. The maximum Gasteiger partial charge on any atom is 0.234 e. The third kappa shape index (κ3) is 2.06. The molecule has 5 nitrogen and oxygen atoms in total. The quantitative estimate of drug-likeness (QED) is 0.806. The van der Waals surface area contributed by atoms with Crippen molar-refractivity contribution in [3.8, 4) is 0 Å². The van der Waals surface area contributed by atoms with E-state index in [2.05, 4.69) is 15.6 Å². The number of nitrogens with one attached hydrogen (secondary N) is 2. The van der Waals surface area contributed by atoms with Gasteiger partial charge in [0.25, 0.3) is 0 Å². The minimum Gasteiger partial charge on any atom is -0.355 e. The molecule has 1 aromatic rings. The fraction of sp³-hybridized carbons (Fsp3) is 0.500. The van der Waals surface area contributed by atoms with Gasteiger partial charge in [-0.05, 0) is 13.8 Å². The second-order valence-electron chi connectivity index (χ2n) is 4.26. The number of anilines is 1. The molecule has 2 N–H and O–H groups in total. The molecule has 16 heavy (non-hydrogen) atoms. The largest absolute Gasteiger partial charge is 0.355 e. The Hall–Kier alpha value is -1.43. The van der Waals surface area contributed by atoms with Gasteiger partial charge in [-0.25, -0.2) is 4.98 Å². The average molecular weight is 239 g/mol. The van der Waals surface area contributed by atoms with Crippen molar-refractivity contribution in [1.82, 2.24) is 10.3 Å². The van der Waals surface area contributed by atoms with Crippen LogP contribution in [0.4, 0.5) is 5.13 Å². The summed E-state index contributed by atoms with van der Waals surface area (Å²) >= 11 is 1.39. The molecule has 0 saturated carbocycles. The maximum absolute atomic E-state index is 12.0. The number of aryl methyl sites for hydroxylation is 1. The lowest BCUT2D eigenvalue weighted by atomic mass is 9.89. The normalized spacial score (nSPS) is 24.2. The lowest BCUT2D eigenvalue weighted by molar-refractivity contribution is -0.126. The Morgan fingerprint density at radius 2 is 2.44 bits per heavy atom. The predicted molar refractivity (Wildman–Crippen MR) is 61.2 cm³/mol. The van der Waals surface area contributed by atoms with Crippen LogP contribution in [0.25, 0.3) is 0 Å². The fourth-order valence-electron chi connectivity index (χ4n) is 1.59. The highest BCUT2D eigenvalue weighted by molar-refractivity contribution is 7.13. The molecule has 0 radical (unpaired) electrons. The highest BCUT2D eigenvalue weighted by Gasteiger charge is 2.40. The van der Waals surface area contributed by atoms with Crippen LogP contribution in [-0.2, 0) is 9.59 Å². The second kappa shape index (κ2) is 3.86. The Kier molecular flexibility index (Phi) is 2.67. The number of amides is 2. The molecular weight excluding hydrogens is 226 g/mol. The summed E-state index contributed by atoms with van der Waals surface area (Å²) in [5, 5.41) is 7.86. The third-order valence-corrected chi connectivity index (χ3v) is 3.49. The number of carbonyl (C=O) groups excluding carboxylic acids is 2. The first-order chi connectivity index (χ1) is 7.49. The Morgan fingerprint density at radius 1 is 1.69 bits per heavy atom. The highest BCUT2D eigenvalue weighted by Crippen LogP contribution is 2.27. The van der Waals surface area contributed by atoms with E-state index >= 15 is 0 Å². The van der Waals surface area contributed by atoms with Gasteiger partial charge in [-0.1, -0.05) is 0 Å². The van der Waals surface area contributed by atoms with E-state index in [1.807, 2.05) is 12.3 Å². The molecule has 1 unspecified atom stereocenters. The van der Waals surface area contributed by atoms with Crippen LogP contribution in [0, 0.1) is 12.3 Å². The molecule has 0 aromatic carbocycles. The first-order valence-corrected chi connectivity index (χ1v) is 5.88. The number of hydrogen-bond acceptors (Lipinski definition) is 4. The van der Waals surface area contributed by atoms with E-state index in [1.54, 1.807) is 6.92 Å². The molecule has 2 rings (SSSR count). The topological polar surface area (TPSA) is 71.1 Å². The number of nitrogens with zero attached hydrogens (tertiary/aromatic N) is 1. The van der Waals surface area contributed by atoms with Crippen molar-refractivity contribution >= 4 is 28.3 Å². The summed E-state index contributed by atoms with van der Waals surface area (Å²) < 4.78 is 0. The Bertz CT molecular complexity index is 443. The average Bonchev–Trinajstić information content (AvgIpc) is 2.75. The van der Waals surface area contributed by atoms with Gasteiger partial charge in [0.15, 0.2) is 5.13 Å². The third-order valence-electron chi connectivity index (χ3n) is 2.61. The van der Waals surface area contributed by atoms with Gasteiger partial charge in [0, 0.05) is 18.3 Å². The number of carbonyl (C=O) groups is 2. The molecule has 1 aliphatic heterocycles. The van der Waals surface area contributed by atoms with Gasteiger partial charge in [-0.3, -0.25) is 9.59 Å². The Balaban J connectivity index is 2.06. The molecule has 1 saturated heterocycles. The van der Waals surface area contributed by atoms with E-state index in [9.17, 15) is 9.59 Å². The van der Waals surface area contributed by atoms with Gasteiger partial charge in [0.2, 0.25) is 11.8 Å². The van der Waals surface area contributed by atoms with E-state index in [0.29, 0.717) is 11.7 Å². The minimum absolute atomic E-state index is 0.0760. The van der Waals surface area contributed by atoms with Crippen LogP contribution in [-0.4, -0.2) is 23.3 Å². The zero-order valence-electron chi connectivity index (χ0n) is 9.16. The zero-order chi connectivity index (χ0) is 11.8. The van der Waals surface area contributed by atoms with E-state index in [-0.39, 0.29) is 18.2 Å². The lowest BCUT2D eigenvalue weighted by Crippen LogP contribution is -2.35. The van der Waals surface area contributed by atoms with Gasteiger partial charge in [-0.15, -0.1) is 11.3 Å². The maximum atomic E-state index is 12.0. The van der Waals surface area contributed by atoms with Crippen molar-refractivity contribution < 1.29 is 9.59 Å². The summed E-state index contributed by atoms with van der Waals surface area (Å²) in [6.07, 6.45) is 0.239. The Morgan fingerprint density at radius 3 is 2.94 bits per heavy atom. The summed E-state index contributed by atoms with van der Waals surface area (Å²) in [4.78, 5) is 27.2. The number of thiazole rings is 1. The minimum atomic E-state index is -0.656. The van der Waals surface area contributed by atoms with Crippen LogP contribution < -0.4 is 10.6 Å². The fourth-order valence-corrected chi connectivity index (χ4v) is 2.28. The molecule has 1 aromatic heterocycles. The van der Waals surface area contributed by atoms with Crippen molar-refractivity contribution in [2.45, 2.75) is 20.3 Å². The van der Waals surface area contributed by atoms with Gasteiger partial charge >= 0.3 is 0 Å². The predicted octanol–water partition coefficient (Wildman–Crippen LogP) is 0.916. The molecular formula is C10H13N3O2S.